The molecule has 1 fully saturated rings. The second kappa shape index (κ2) is 10.0. The molecule has 1 unspecified atom stereocenters. The number of hydrogen-bond donors (Lipinski definition) is 1. The Hall–Kier alpha value is -2.78. The maximum Gasteiger partial charge on any atom is 0.222 e. The first kappa shape index (κ1) is 23.4. The van der Waals surface area contributed by atoms with Gasteiger partial charge in [0.05, 0.1) is 11.9 Å². The molecule has 0 aromatic carbocycles. The summed E-state index contributed by atoms with van der Waals surface area (Å²) >= 11 is 0. The quantitative estimate of drug-likeness (QED) is 0.375. The van der Waals surface area contributed by atoms with Crippen molar-refractivity contribution < 1.29 is 9.53 Å². The van der Waals surface area contributed by atoms with Crippen LogP contribution in [0, 0.1) is 0 Å². The number of ether oxygens (including phenoxy) is 1. The Balaban J connectivity index is 1.47. The maximum atomic E-state index is 12.0. The third-order valence-corrected chi connectivity index (χ3v) is 7.66. The summed E-state index contributed by atoms with van der Waals surface area (Å²) in [7, 11) is -1.10. The number of carbonyl (C=O) groups is 1. The van der Waals surface area contributed by atoms with Crippen molar-refractivity contribution in [2.75, 3.05) is 25.0 Å². The number of nitrogens with zero attached hydrogens (tertiary/aromatic N) is 5. The van der Waals surface area contributed by atoms with Gasteiger partial charge in [-0.25, -0.2) is 15.0 Å². The third-order valence-electron chi connectivity index (χ3n) is 5.96. The van der Waals surface area contributed by atoms with Crippen molar-refractivity contribution in [3.8, 4) is 11.3 Å². The third kappa shape index (κ3) is 5.78. The zero-order chi connectivity index (χ0) is 23.4. The van der Waals surface area contributed by atoms with E-state index in [0.717, 1.165) is 53.9 Å². The van der Waals surface area contributed by atoms with Crippen LogP contribution in [0.3, 0.4) is 0 Å². The van der Waals surface area contributed by atoms with Gasteiger partial charge in [0, 0.05) is 58.2 Å². The molecule has 9 heteroatoms. The predicted molar refractivity (Wildman–Crippen MR) is 134 cm³/mol. The zero-order valence-corrected chi connectivity index (χ0v) is 21.0. The number of aromatic nitrogens is 4. The molecule has 0 spiro atoms. The summed E-state index contributed by atoms with van der Waals surface area (Å²) in [4.78, 5) is 28.0. The van der Waals surface area contributed by atoms with E-state index in [1.807, 2.05) is 40.8 Å². The van der Waals surface area contributed by atoms with Gasteiger partial charge < -0.3 is 19.5 Å². The molecule has 0 aliphatic carbocycles. The largest absolute Gasteiger partial charge is 0.365 e. The van der Waals surface area contributed by atoms with Gasteiger partial charge in [0.15, 0.2) is 5.65 Å². The highest BCUT2D eigenvalue weighted by Gasteiger charge is 2.26. The minimum Gasteiger partial charge on any atom is -0.365 e. The monoisotopic (exact) mass is 466 g/mol. The van der Waals surface area contributed by atoms with Gasteiger partial charge in [0.2, 0.25) is 5.91 Å². The summed E-state index contributed by atoms with van der Waals surface area (Å²) < 4.78 is 7.88. The molecule has 0 bridgehead atoms. The summed E-state index contributed by atoms with van der Waals surface area (Å²) in [6.07, 6.45) is 7.00. The molecular weight excluding hydrogens is 432 g/mol. The van der Waals surface area contributed by atoms with E-state index in [9.17, 15) is 4.79 Å². The first-order chi connectivity index (χ1) is 15.8. The highest BCUT2D eigenvalue weighted by atomic mass is 28.3. The van der Waals surface area contributed by atoms with Crippen LogP contribution in [0.4, 0.5) is 5.82 Å². The molecule has 0 radical (unpaired) electrons. The second-order valence-corrected chi connectivity index (χ2v) is 15.4. The van der Waals surface area contributed by atoms with Crippen LogP contribution >= 0.6 is 0 Å². The van der Waals surface area contributed by atoms with E-state index in [1.165, 1.54) is 0 Å². The van der Waals surface area contributed by atoms with Gasteiger partial charge >= 0.3 is 0 Å². The minimum atomic E-state index is -1.10. The van der Waals surface area contributed by atoms with Crippen LogP contribution in [0.5, 0.6) is 0 Å². The van der Waals surface area contributed by atoms with Crippen LogP contribution in [-0.4, -0.2) is 64.1 Å². The number of rotatable bonds is 9. The Morgan fingerprint density at radius 2 is 2.12 bits per heavy atom. The number of nitrogens with one attached hydrogen (secondary N) is 1. The predicted octanol–water partition coefficient (Wildman–Crippen LogP) is 4.23. The van der Waals surface area contributed by atoms with E-state index in [-0.39, 0.29) is 11.9 Å². The molecular formula is C24H34N6O2Si. The van der Waals surface area contributed by atoms with Crippen LogP contribution in [0.25, 0.3) is 22.4 Å². The topological polar surface area (TPSA) is 85.2 Å². The van der Waals surface area contributed by atoms with Crippen LogP contribution in [0.2, 0.25) is 25.7 Å². The smallest absolute Gasteiger partial charge is 0.222 e. The summed E-state index contributed by atoms with van der Waals surface area (Å²) in [6.45, 7) is 11.7. The van der Waals surface area contributed by atoms with Gasteiger partial charge in [0.25, 0.3) is 0 Å². The molecule has 0 saturated carbocycles. The summed E-state index contributed by atoms with van der Waals surface area (Å²) in [5.41, 5.74) is 3.33. The van der Waals surface area contributed by atoms with E-state index in [4.69, 9.17) is 9.72 Å². The maximum absolute atomic E-state index is 12.0. The van der Waals surface area contributed by atoms with Gasteiger partial charge in [0.1, 0.15) is 18.1 Å². The number of fused-ring (bicyclic) bond motifs is 1. The van der Waals surface area contributed by atoms with E-state index in [2.05, 4.69) is 34.9 Å². The summed E-state index contributed by atoms with van der Waals surface area (Å²) in [6, 6.07) is 7.21. The molecule has 8 nitrogen and oxygen atoms in total. The first-order valence-corrected chi connectivity index (χ1v) is 15.4. The fourth-order valence-electron chi connectivity index (χ4n) is 3.99. The van der Waals surface area contributed by atoms with Crippen LogP contribution in [0.1, 0.15) is 19.8 Å². The van der Waals surface area contributed by atoms with Gasteiger partial charge in [-0.1, -0.05) is 26.6 Å². The molecule has 1 aliphatic rings. The van der Waals surface area contributed by atoms with Gasteiger partial charge in [-0.05, 0) is 30.7 Å². The van der Waals surface area contributed by atoms with Gasteiger partial charge in [-0.15, -0.1) is 0 Å². The van der Waals surface area contributed by atoms with Crippen molar-refractivity contribution in [3.05, 3.63) is 36.8 Å². The lowest BCUT2D eigenvalue weighted by molar-refractivity contribution is -0.129. The van der Waals surface area contributed by atoms with Crippen LogP contribution in [0.15, 0.2) is 36.8 Å². The van der Waals surface area contributed by atoms with Crippen molar-refractivity contribution in [2.45, 2.75) is 58.2 Å². The molecule has 4 heterocycles. The fraction of sp³-hybridized carbons (Fsp3) is 0.500. The minimum absolute atomic E-state index is 0.181. The number of carbonyl (C=O) groups excluding carboxylic acids is 1. The highest BCUT2D eigenvalue weighted by Crippen LogP contribution is 2.27. The Morgan fingerprint density at radius 1 is 1.27 bits per heavy atom. The molecule has 33 heavy (non-hydrogen) atoms. The highest BCUT2D eigenvalue weighted by molar-refractivity contribution is 6.76. The van der Waals surface area contributed by atoms with Crippen LogP contribution < -0.4 is 5.32 Å². The Bertz CT molecular complexity index is 1110. The molecule has 4 rings (SSSR count). The lowest BCUT2D eigenvalue weighted by atomic mass is 10.1. The molecule has 1 amide bonds. The van der Waals surface area contributed by atoms with Crippen molar-refractivity contribution >= 4 is 31.0 Å². The van der Waals surface area contributed by atoms with Crippen molar-refractivity contribution in [3.63, 3.8) is 0 Å². The van der Waals surface area contributed by atoms with Crippen molar-refractivity contribution in [2.24, 2.45) is 0 Å². The molecule has 1 N–H and O–H groups in total. The van der Waals surface area contributed by atoms with Crippen molar-refractivity contribution in [1.82, 2.24) is 24.4 Å². The molecule has 1 atom stereocenters. The molecule has 1 aliphatic heterocycles. The van der Waals surface area contributed by atoms with E-state index >= 15 is 0 Å². The summed E-state index contributed by atoms with van der Waals surface area (Å²) in [5, 5.41) is 3.52. The van der Waals surface area contributed by atoms with Crippen LogP contribution in [-0.2, 0) is 16.3 Å². The Kier molecular flexibility index (Phi) is 7.09. The Labute approximate surface area is 196 Å². The normalized spacial score (nSPS) is 16.5. The number of amides is 1. The number of anilines is 1. The number of pyridine rings is 1. The number of likely N-dealkylation sites (tertiary alicyclic amines) is 1. The lowest BCUT2D eigenvalue weighted by Crippen LogP contribution is -2.31. The van der Waals surface area contributed by atoms with E-state index < -0.39 is 8.07 Å². The molecule has 3 aromatic rings. The average molecular weight is 467 g/mol. The van der Waals surface area contributed by atoms with Crippen molar-refractivity contribution in [1.29, 1.82) is 0 Å². The number of hydrogen-bond acceptors (Lipinski definition) is 6. The zero-order valence-electron chi connectivity index (χ0n) is 20.0. The molecule has 1 saturated heterocycles. The Morgan fingerprint density at radius 3 is 2.91 bits per heavy atom. The lowest BCUT2D eigenvalue weighted by Gasteiger charge is -2.18. The summed E-state index contributed by atoms with van der Waals surface area (Å²) in [5.74, 6) is 0.974. The first-order valence-electron chi connectivity index (χ1n) is 11.7. The molecule has 3 aromatic heterocycles. The standard InChI is InChI=1S/C24H34N6O2Si/c1-5-22(31)29-11-8-18(16-29)27-23-19(7-6-10-25-23)21-15-26-24-20(28-21)9-12-30(24)17-32-13-14-33(2,3)4/h6-7,9-10,12,15,18H,5,8,11,13-14,16-17H2,1-4H3,(H,25,27). The fourth-order valence-corrected chi connectivity index (χ4v) is 4.74. The average Bonchev–Trinajstić information content (AvgIpc) is 3.42. The van der Waals surface area contributed by atoms with E-state index in [1.54, 1.807) is 12.4 Å². The van der Waals surface area contributed by atoms with Gasteiger partial charge in [-0.3, -0.25) is 4.79 Å². The van der Waals surface area contributed by atoms with E-state index in [0.29, 0.717) is 19.7 Å². The molecule has 176 valence electrons. The SMILES string of the molecule is CCC(=O)N1CCC(Nc2ncccc2-c2cnc3c(ccn3COCC[Si](C)(C)C)n2)C1. The van der Waals surface area contributed by atoms with Gasteiger partial charge in [-0.2, -0.15) is 0 Å². The second-order valence-electron chi connectivity index (χ2n) is 9.82.